The van der Waals surface area contributed by atoms with Gasteiger partial charge in [0.05, 0.1) is 5.75 Å². The van der Waals surface area contributed by atoms with Crippen LogP contribution in [0.5, 0.6) is 0 Å². The van der Waals surface area contributed by atoms with Crippen molar-refractivity contribution >= 4 is 10.0 Å². The summed E-state index contributed by atoms with van der Waals surface area (Å²) in [6.07, 6.45) is 4.48. The van der Waals surface area contributed by atoms with Gasteiger partial charge in [-0.15, -0.1) is 6.58 Å². The van der Waals surface area contributed by atoms with Crippen LogP contribution in [0.3, 0.4) is 0 Å². The van der Waals surface area contributed by atoms with Crippen LogP contribution >= 0.6 is 0 Å². The lowest BCUT2D eigenvalue weighted by Gasteiger charge is -2.16. The van der Waals surface area contributed by atoms with Gasteiger partial charge < -0.3 is 5.11 Å². The topological polar surface area (TPSA) is 57.6 Å². The summed E-state index contributed by atoms with van der Waals surface area (Å²) in [6.45, 7) is 4.17. The minimum absolute atomic E-state index is 0.0513. The Morgan fingerprint density at radius 1 is 1.33 bits per heavy atom. The highest BCUT2D eigenvalue weighted by Gasteiger charge is 2.15. The summed E-state index contributed by atoms with van der Waals surface area (Å²) in [6, 6.07) is 0. The van der Waals surface area contributed by atoms with Crippen molar-refractivity contribution in [3.05, 3.63) is 12.7 Å². The zero-order chi connectivity index (χ0) is 11.7. The van der Waals surface area contributed by atoms with Gasteiger partial charge in [0, 0.05) is 20.2 Å². The number of aliphatic hydroxyl groups is 1. The fourth-order valence-corrected chi connectivity index (χ4v) is 2.44. The first-order valence-corrected chi connectivity index (χ1v) is 6.81. The number of allylic oxidation sites excluding steroid dienone is 1. The molecule has 0 fully saturated rings. The van der Waals surface area contributed by atoms with Crippen LogP contribution < -0.4 is 0 Å². The number of sulfonamides is 1. The first-order valence-electron chi connectivity index (χ1n) is 5.20. The highest BCUT2D eigenvalue weighted by molar-refractivity contribution is 7.89. The molecule has 90 valence electrons. The Labute approximate surface area is 92.6 Å². The second-order valence-electron chi connectivity index (χ2n) is 3.50. The summed E-state index contributed by atoms with van der Waals surface area (Å²) in [7, 11) is -1.53. The van der Waals surface area contributed by atoms with Crippen LogP contribution in [-0.2, 0) is 10.0 Å². The molecule has 0 radical (unpaired) electrons. The molecule has 0 aromatic rings. The Morgan fingerprint density at radius 2 is 2.00 bits per heavy atom. The molecule has 0 aromatic carbocycles. The van der Waals surface area contributed by atoms with E-state index in [0.29, 0.717) is 19.4 Å². The molecule has 15 heavy (non-hydrogen) atoms. The van der Waals surface area contributed by atoms with E-state index in [4.69, 9.17) is 5.11 Å². The largest absolute Gasteiger partial charge is 0.396 e. The van der Waals surface area contributed by atoms with Crippen molar-refractivity contribution in [1.82, 2.24) is 4.31 Å². The monoisotopic (exact) mass is 235 g/mol. The quantitative estimate of drug-likeness (QED) is 0.479. The Morgan fingerprint density at radius 3 is 2.53 bits per heavy atom. The van der Waals surface area contributed by atoms with Crippen molar-refractivity contribution in [2.75, 3.05) is 26.0 Å². The zero-order valence-corrected chi connectivity index (χ0v) is 10.2. The van der Waals surface area contributed by atoms with Gasteiger partial charge >= 0.3 is 0 Å². The van der Waals surface area contributed by atoms with Gasteiger partial charge in [-0.25, -0.2) is 12.7 Å². The summed E-state index contributed by atoms with van der Waals surface area (Å²) in [5.74, 6) is 0.123. The molecular formula is C10H21NO3S. The number of unbranched alkanes of at least 4 members (excludes halogenated alkanes) is 2. The van der Waals surface area contributed by atoms with Crippen LogP contribution in [0.2, 0.25) is 0 Å². The molecule has 0 amide bonds. The number of aliphatic hydroxyl groups excluding tert-OH is 1. The van der Waals surface area contributed by atoms with Gasteiger partial charge in [-0.2, -0.15) is 0 Å². The lowest BCUT2D eigenvalue weighted by atomic mass is 10.3. The molecule has 0 saturated carbocycles. The normalized spacial score (nSPS) is 11.9. The maximum absolute atomic E-state index is 11.6. The van der Waals surface area contributed by atoms with E-state index < -0.39 is 10.0 Å². The third kappa shape index (κ3) is 6.65. The van der Waals surface area contributed by atoms with Crippen molar-refractivity contribution < 1.29 is 13.5 Å². The molecule has 4 nitrogen and oxygen atoms in total. The minimum atomic E-state index is -3.13. The summed E-state index contributed by atoms with van der Waals surface area (Å²) in [4.78, 5) is 0. The third-order valence-corrected chi connectivity index (χ3v) is 4.10. The molecule has 0 aliphatic carbocycles. The predicted octanol–water partition coefficient (Wildman–Crippen LogP) is 0.987. The standard InChI is InChI=1S/C10H21NO3S/c1-3-4-5-8-11(2)15(13,14)10-7-6-9-12/h3,12H,1,4-10H2,2H3. The maximum atomic E-state index is 11.6. The van der Waals surface area contributed by atoms with E-state index in [-0.39, 0.29) is 12.4 Å². The molecule has 0 unspecified atom stereocenters. The molecule has 0 aliphatic rings. The van der Waals surface area contributed by atoms with E-state index in [2.05, 4.69) is 6.58 Å². The summed E-state index contributed by atoms with van der Waals surface area (Å²) < 4.78 is 24.6. The Balaban J connectivity index is 3.91. The van der Waals surface area contributed by atoms with Gasteiger partial charge in [0.2, 0.25) is 10.0 Å². The SMILES string of the molecule is C=CCCCN(C)S(=O)(=O)CCCCO. The Hall–Kier alpha value is -0.390. The van der Waals surface area contributed by atoms with Crippen molar-refractivity contribution in [1.29, 1.82) is 0 Å². The minimum Gasteiger partial charge on any atom is -0.396 e. The molecule has 0 bridgehead atoms. The summed E-state index contributed by atoms with van der Waals surface area (Å²) in [5, 5.41) is 8.56. The van der Waals surface area contributed by atoms with Crippen LogP contribution in [0.1, 0.15) is 25.7 Å². The summed E-state index contributed by atoms with van der Waals surface area (Å²) in [5.41, 5.74) is 0. The molecular weight excluding hydrogens is 214 g/mol. The zero-order valence-electron chi connectivity index (χ0n) is 9.35. The highest BCUT2D eigenvalue weighted by atomic mass is 32.2. The smallest absolute Gasteiger partial charge is 0.213 e. The number of nitrogens with zero attached hydrogens (tertiary/aromatic N) is 1. The molecule has 0 heterocycles. The van der Waals surface area contributed by atoms with E-state index >= 15 is 0 Å². The first-order chi connectivity index (χ1) is 7.04. The molecule has 0 aliphatic heterocycles. The van der Waals surface area contributed by atoms with Gasteiger partial charge in [0.15, 0.2) is 0 Å². The van der Waals surface area contributed by atoms with Crippen molar-refractivity contribution in [3.8, 4) is 0 Å². The van der Waals surface area contributed by atoms with E-state index in [1.54, 1.807) is 13.1 Å². The Bertz CT molecular complexity index is 262. The summed E-state index contributed by atoms with van der Waals surface area (Å²) >= 11 is 0. The van der Waals surface area contributed by atoms with Crippen molar-refractivity contribution in [2.45, 2.75) is 25.7 Å². The van der Waals surface area contributed by atoms with Crippen LogP contribution in [0.25, 0.3) is 0 Å². The van der Waals surface area contributed by atoms with Crippen molar-refractivity contribution in [3.63, 3.8) is 0 Å². The fraction of sp³-hybridized carbons (Fsp3) is 0.800. The van der Waals surface area contributed by atoms with E-state index in [9.17, 15) is 8.42 Å². The van der Waals surface area contributed by atoms with Crippen LogP contribution in [0.15, 0.2) is 12.7 Å². The second kappa shape index (κ2) is 7.84. The van der Waals surface area contributed by atoms with E-state index in [1.165, 1.54) is 4.31 Å². The van der Waals surface area contributed by atoms with Gasteiger partial charge in [-0.05, 0) is 25.7 Å². The molecule has 0 rings (SSSR count). The number of rotatable bonds is 9. The molecule has 0 spiro atoms. The lowest BCUT2D eigenvalue weighted by Crippen LogP contribution is -2.30. The predicted molar refractivity (Wildman–Crippen MR) is 62.2 cm³/mol. The average Bonchev–Trinajstić information content (AvgIpc) is 2.18. The molecule has 0 aromatic heterocycles. The molecule has 0 saturated heterocycles. The molecule has 0 atom stereocenters. The molecule has 5 heteroatoms. The number of hydrogen-bond donors (Lipinski definition) is 1. The van der Waals surface area contributed by atoms with Gasteiger partial charge in [-0.3, -0.25) is 0 Å². The van der Waals surface area contributed by atoms with Crippen LogP contribution in [0, 0.1) is 0 Å². The first kappa shape index (κ1) is 14.6. The maximum Gasteiger partial charge on any atom is 0.213 e. The van der Waals surface area contributed by atoms with Crippen molar-refractivity contribution in [2.24, 2.45) is 0 Å². The van der Waals surface area contributed by atoms with E-state index in [0.717, 1.165) is 12.8 Å². The average molecular weight is 235 g/mol. The Kier molecular flexibility index (Phi) is 7.64. The second-order valence-corrected chi connectivity index (χ2v) is 5.69. The molecule has 1 N–H and O–H groups in total. The highest BCUT2D eigenvalue weighted by Crippen LogP contribution is 2.04. The number of hydrogen-bond acceptors (Lipinski definition) is 3. The van der Waals surface area contributed by atoms with E-state index in [1.807, 2.05) is 0 Å². The van der Waals surface area contributed by atoms with Gasteiger partial charge in [0.1, 0.15) is 0 Å². The van der Waals surface area contributed by atoms with Crippen LogP contribution in [0.4, 0.5) is 0 Å². The lowest BCUT2D eigenvalue weighted by molar-refractivity contribution is 0.287. The van der Waals surface area contributed by atoms with Gasteiger partial charge in [-0.1, -0.05) is 6.08 Å². The van der Waals surface area contributed by atoms with Crippen LogP contribution in [-0.4, -0.2) is 43.8 Å². The van der Waals surface area contributed by atoms with Gasteiger partial charge in [0.25, 0.3) is 0 Å². The third-order valence-electron chi connectivity index (χ3n) is 2.17. The fourth-order valence-electron chi connectivity index (χ4n) is 1.15.